The highest BCUT2D eigenvalue weighted by atomic mass is 35.5. The van der Waals surface area contributed by atoms with E-state index in [-0.39, 0.29) is 23.9 Å². The number of carbonyl (C=O) groups is 1. The normalized spacial score (nSPS) is 10.1. The molecule has 7 nitrogen and oxygen atoms in total. The van der Waals surface area contributed by atoms with Crippen LogP contribution in [-0.2, 0) is 9.53 Å². The molecule has 1 amide bonds. The van der Waals surface area contributed by atoms with Gasteiger partial charge in [0.25, 0.3) is 0 Å². The molecule has 0 aliphatic rings. The van der Waals surface area contributed by atoms with Crippen molar-refractivity contribution in [3.63, 3.8) is 0 Å². The molecule has 0 bridgehead atoms. The average molecular weight is 274 g/mol. The molecule has 0 aromatic heterocycles. The van der Waals surface area contributed by atoms with Crippen molar-refractivity contribution in [2.75, 3.05) is 25.1 Å². The van der Waals surface area contributed by atoms with E-state index in [9.17, 15) is 14.9 Å². The Morgan fingerprint density at radius 1 is 1.56 bits per heavy atom. The summed E-state index contributed by atoms with van der Waals surface area (Å²) in [6.45, 7) is 0.320. The van der Waals surface area contributed by atoms with Gasteiger partial charge in [0, 0.05) is 6.54 Å². The summed E-state index contributed by atoms with van der Waals surface area (Å²) in [5, 5.41) is 13.7. The predicted molar refractivity (Wildman–Crippen MR) is 66.6 cm³/mol. The van der Waals surface area contributed by atoms with E-state index in [1.54, 1.807) is 6.07 Å². The van der Waals surface area contributed by atoms with Crippen molar-refractivity contribution in [3.05, 3.63) is 33.3 Å². The van der Waals surface area contributed by atoms with Crippen LogP contribution in [0.2, 0.25) is 5.02 Å². The van der Waals surface area contributed by atoms with Crippen molar-refractivity contribution >= 4 is 28.9 Å². The number of carbonyl (C=O) groups excluding carboxylic acids is 1. The Balaban J connectivity index is 2.54. The second kappa shape index (κ2) is 6.77. The lowest BCUT2D eigenvalue weighted by atomic mass is 10.2. The Hall–Kier alpha value is -1.86. The van der Waals surface area contributed by atoms with Gasteiger partial charge < -0.3 is 15.8 Å². The molecule has 0 spiro atoms. The van der Waals surface area contributed by atoms with Crippen molar-refractivity contribution in [1.82, 2.24) is 0 Å². The second-order valence-corrected chi connectivity index (χ2v) is 3.75. The maximum Gasteiger partial charge on any atom is 0.310 e. The number of nitrogens with two attached hydrogens (primary N) is 1. The highest BCUT2D eigenvalue weighted by Gasteiger charge is 2.17. The Morgan fingerprint density at radius 2 is 2.28 bits per heavy atom. The fourth-order valence-electron chi connectivity index (χ4n) is 1.27. The van der Waals surface area contributed by atoms with E-state index in [2.05, 4.69) is 5.32 Å². The van der Waals surface area contributed by atoms with Gasteiger partial charge in [0.2, 0.25) is 5.91 Å². The van der Waals surface area contributed by atoms with Crippen molar-refractivity contribution in [2.24, 2.45) is 5.73 Å². The van der Waals surface area contributed by atoms with Crippen LogP contribution in [0.1, 0.15) is 0 Å². The number of para-hydroxylation sites is 1. The summed E-state index contributed by atoms with van der Waals surface area (Å²) in [5.74, 6) is -0.566. The largest absolute Gasteiger partial charge is 0.377 e. The molecule has 3 N–H and O–H groups in total. The lowest BCUT2D eigenvalue weighted by Gasteiger charge is -2.07. The molecule has 0 radical (unpaired) electrons. The number of rotatable bonds is 7. The molecule has 0 aliphatic carbocycles. The Morgan fingerprint density at radius 3 is 2.89 bits per heavy atom. The van der Waals surface area contributed by atoms with E-state index < -0.39 is 10.8 Å². The molecule has 1 rings (SSSR count). The summed E-state index contributed by atoms with van der Waals surface area (Å²) < 4.78 is 4.91. The van der Waals surface area contributed by atoms with E-state index in [4.69, 9.17) is 22.1 Å². The fraction of sp³-hybridized carbons (Fsp3) is 0.300. The van der Waals surface area contributed by atoms with Crippen LogP contribution in [0.15, 0.2) is 18.2 Å². The minimum absolute atomic E-state index is 0.0584. The number of nitro groups is 1. The van der Waals surface area contributed by atoms with Crippen molar-refractivity contribution < 1.29 is 14.5 Å². The fourth-order valence-corrected chi connectivity index (χ4v) is 1.52. The van der Waals surface area contributed by atoms with Crippen LogP contribution < -0.4 is 11.1 Å². The number of primary amides is 1. The van der Waals surface area contributed by atoms with Gasteiger partial charge in [0.15, 0.2) is 0 Å². The maximum absolute atomic E-state index is 10.8. The average Bonchev–Trinajstić information content (AvgIpc) is 2.27. The first kappa shape index (κ1) is 14.2. The SMILES string of the molecule is NC(=O)COCCNc1cccc(Cl)c1[N+](=O)[O-]. The van der Waals surface area contributed by atoms with Crippen LogP contribution in [-0.4, -0.2) is 30.6 Å². The van der Waals surface area contributed by atoms with E-state index >= 15 is 0 Å². The van der Waals surface area contributed by atoms with Gasteiger partial charge in [-0.15, -0.1) is 0 Å². The summed E-state index contributed by atoms with van der Waals surface area (Å²) in [7, 11) is 0. The first-order valence-electron chi connectivity index (χ1n) is 5.05. The number of nitrogens with one attached hydrogen (secondary N) is 1. The lowest BCUT2D eigenvalue weighted by molar-refractivity contribution is -0.383. The number of anilines is 1. The monoisotopic (exact) mass is 273 g/mol. The molecule has 1 aromatic rings. The summed E-state index contributed by atoms with van der Waals surface area (Å²) in [5.41, 5.74) is 4.99. The molecule has 0 heterocycles. The molecule has 0 saturated carbocycles. The number of hydrogen-bond acceptors (Lipinski definition) is 5. The Labute approximate surface area is 108 Å². The minimum atomic E-state index is -0.566. The summed E-state index contributed by atoms with van der Waals surface area (Å²) in [6, 6.07) is 4.58. The molecule has 0 fully saturated rings. The van der Waals surface area contributed by atoms with Gasteiger partial charge in [-0.25, -0.2) is 0 Å². The van der Waals surface area contributed by atoms with Crippen molar-refractivity contribution in [1.29, 1.82) is 0 Å². The van der Waals surface area contributed by atoms with Crippen LogP contribution in [0.5, 0.6) is 0 Å². The number of nitrogens with zero attached hydrogens (tertiary/aromatic N) is 1. The van der Waals surface area contributed by atoms with Crippen LogP contribution in [0.25, 0.3) is 0 Å². The van der Waals surface area contributed by atoms with Crippen LogP contribution >= 0.6 is 11.6 Å². The first-order valence-corrected chi connectivity index (χ1v) is 5.43. The van der Waals surface area contributed by atoms with Gasteiger partial charge in [0.05, 0.1) is 11.5 Å². The zero-order valence-corrected chi connectivity index (χ0v) is 10.1. The third-order valence-electron chi connectivity index (χ3n) is 1.98. The predicted octanol–water partition coefficient (Wildman–Crippen LogP) is 1.16. The minimum Gasteiger partial charge on any atom is -0.377 e. The van der Waals surface area contributed by atoms with Crippen LogP contribution in [0.3, 0.4) is 0 Å². The molecule has 18 heavy (non-hydrogen) atoms. The van der Waals surface area contributed by atoms with Crippen LogP contribution in [0.4, 0.5) is 11.4 Å². The van der Waals surface area contributed by atoms with Gasteiger partial charge in [0.1, 0.15) is 17.3 Å². The molecule has 98 valence electrons. The Kier molecular flexibility index (Phi) is 5.34. The standard InChI is InChI=1S/C10H12ClN3O4/c11-7-2-1-3-8(10(7)14(16)17)13-4-5-18-6-9(12)15/h1-3,13H,4-6H2,(H2,12,15). The van der Waals surface area contributed by atoms with Gasteiger partial charge >= 0.3 is 5.69 Å². The molecule has 1 aromatic carbocycles. The molecule has 0 saturated heterocycles. The molecular weight excluding hydrogens is 262 g/mol. The summed E-state index contributed by atoms with van der Waals surface area (Å²) in [4.78, 5) is 20.6. The lowest BCUT2D eigenvalue weighted by Crippen LogP contribution is -2.20. The first-order chi connectivity index (χ1) is 8.52. The van der Waals surface area contributed by atoms with Crippen molar-refractivity contribution in [2.45, 2.75) is 0 Å². The van der Waals surface area contributed by atoms with E-state index in [1.165, 1.54) is 12.1 Å². The number of ether oxygens (including phenoxy) is 1. The molecule has 0 unspecified atom stereocenters. The van der Waals surface area contributed by atoms with Gasteiger partial charge in [-0.3, -0.25) is 14.9 Å². The number of hydrogen-bond donors (Lipinski definition) is 2. The molecule has 0 atom stereocenters. The maximum atomic E-state index is 10.8. The number of halogens is 1. The van der Waals surface area contributed by atoms with Gasteiger partial charge in [-0.2, -0.15) is 0 Å². The smallest absolute Gasteiger partial charge is 0.310 e. The highest BCUT2D eigenvalue weighted by molar-refractivity contribution is 6.33. The molecule has 0 aliphatic heterocycles. The Bertz CT molecular complexity index is 453. The van der Waals surface area contributed by atoms with Crippen LogP contribution in [0, 0.1) is 10.1 Å². The number of benzene rings is 1. The third kappa shape index (κ3) is 4.19. The topological polar surface area (TPSA) is 107 Å². The number of nitro benzene ring substituents is 1. The zero-order valence-electron chi connectivity index (χ0n) is 9.39. The van der Waals surface area contributed by atoms with E-state index in [1.807, 2.05) is 0 Å². The quantitative estimate of drug-likeness (QED) is 0.440. The van der Waals surface area contributed by atoms with E-state index in [0.717, 1.165) is 0 Å². The molecule has 8 heteroatoms. The highest BCUT2D eigenvalue weighted by Crippen LogP contribution is 2.31. The third-order valence-corrected chi connectivity index (χ3v) is 2.28. The van der Waals surface area contributed by atoms with E-state index in [0.29, 0.717) is 12.2 Å². The summed E-state index contributed by atoms with van der Waals surface area (Å²) in [6.07, 6.45) is 0. The van der Waals surface area contributed by atoms with Gasteiger partial charge in [-0.1, -0.05) is 17.7 Å². The number of amides is 1. The zero-order chi connectivity index (χ0) is 13.5. The molecular formula is C10H12ClN3O4. The summed E-state index contributed by atoms with van der Waals surface area (Å²) >= 11 is 5.73. The van der Waals surface area contributed by atoms with Crippen molar-refractivity contribution in [3.8, 4) is 0 Å². The van der Waals surface area contributed by atoms with Gasteiger partial charge in [-0.05, 0) is 12.1 Å². The second-order valence-electron chi connectivity index (χ2n) is 3.34.